The first-order valence-corrected chi connectivity index (χ1v) is 8.10. The van der Waals surface area contributed by atoms with Crippen molar-refractivity contribution in [2.45, 2.75) is 33.7 Å². The SMILES string of the molecule is COc1cc(/C=C/C(=O)N(C)[C@H](C)C(C)(C)C)ccc1OCC(N)=O. The second kappa shape index (κ2) is 8.55. The number of rotatable bonds is 7. The molecule has 0 saturated heterocycles. The van der Waals surface area contributed by atoms with Gasteiger partial charge in [-0.1, -0.05) is 26.8 Å². The topological polar surface area (TPSA) is 81.9 Å². The maximum absolute atomic E-state index is 12.3. The van der Waals surface area contributed by atoms with E-state index in [1.165, 1.54) is 13.2 Å². The van der Waals surface area contributed by atoms with Crippen LogP contribution in [0.4, 0.5) is 0 Å². The predicted octanol–water partition coefficient (Wildman–Crippen LogP) is 2.47. The lowest BCUT2D eigenvalue weighted by atomic mass is 9.87. The monoisotopic (exact) mass is 348 g/mol. The van der Waals surface area contributed by atoms with Gasteiger partial charge in [0.2, 0.25) is 5.91 Å². The molecule has 0 fully saturated rings. The maximum atomic E-state index is 12.3. The van der Waals surface area contributed by atoms with Crippen LogP contribution in [0.3, 0.4) is 0 Å². The first-order valence-electron chi connectivity index (χ1n) is 8.10. The number of ether oxygens (including phenoxy) is 2. The number of benzene rings is 1. The molecule has 0 unspecified atom stereocenters. The number of hydrogen-bond donors (Lipinski definition) is 1. The largest absolute Gasteiger partial charge is 0.493 e. The fraction of sp³-hybridized carbons (Fsp3) is 0.474. The number of nitrogens with zero attached hydrogens (tertiary/aromatic N) is 1. The molecule has 0 aliphatic carbocycles. The highest BCUT2D eigenvalue weighted by molar-refractivity contribution is 5.92. The summed E-state index contributed by atoms with van der Waals surface area (Å²) < 4.78 is 10.5. The zero-order valence-electron chi connectivity index (χ0n) is 15.8. The predicted molar refractivity (Wildman–Crippen MR) is 98.4 cm³/mol. The minimum absolute atomic E-state index is 0.000877. The van der Waals surface area contributed by atoms with Crippen LogP contribution in [0.5, 0.6) is 11.5 Å². The molecular weight excluding hydrogens is 320 g/mol. The maximum Gasteiger partial charge on any atom is 0.255 e. The summed E-state index contributed by atoms with van der Waals surface area (Å²) in [6.07, 6.45) is 3.25. The van der Waals surface area contributed by atoms with Crippen LogP contribution in [-0.2, 0) is 9.59 Å². The third-order valence-corrected chi connectivity index (χ3v) is 4.16. The number of nitrogens with two attached hydrogens (primary N) is 1. The molecule has 1 atom stereocenters. The molecule has 0 bridgehead atoms. The van der Waals surface area contributed by atoms with Gasteiger partial charge in [0.05, 0.1) is 7.11 Å². The lowest BCUT2D eigenvalue weighted by Crippen LogP contribution is -2.42. The molecule has 2 amide bonds. The molecule has 1 aromatic carbocycles. The van der Waals surface area contributed by atoms with Gasteiger partial charge in [0.1, 0.15) is 0 Å². The Morgan fingerprint density at radius 2 is 1.92 bits per heavy atom. The molecule has 0 aliphatic heterocycles. The van der Waals surface area contributed by atoms with Crippen LogP contribution in [0, 0.1) is 5.41 Å². The Hall–Kier alpha value is -2.50. The standard InChI is InChI=1S/C19H28N2O4/c1-13(19(2,3)4)21(5)18(23)10-8-14-7-9-15(16(11-14)24-6)25-12-17(20)22/h7-11,13H,12H2,1-6H3,(H2,20,22)/b10-8+/t13-/m1/s1. The molecule has 0 radical (unpaired) electrons. The van der Waals surface area contributed by atoms with Crippen molar-refractivity contribution in [2.24, 2.45) is 11.1 Å². The van der Waals surface area contributed by atoms with E-state index in [0.29, 0.717) is 11.5 Å². The van der Waals surface area contributed by atoms with E-state index in [-0.39, 0.29) is 24.0 Å². The third-order valence-electron chi connectivity index (χ3n) is 4.16. The average molecular weight is 348 g/mol. The van der Waals surface area contributed by atoms with E-state index in [1.807, 2.05) is 6.92 Å². The minimum Gasteiger partial charge on any atom is -0.493 e. The highest BCUT2D eigenvalue weighted by atomic mass is 16.5. The van der Waals surface area contributed by atoms with Gasteiger partial charge in [0.25, 0.3) is 5.91 Å². The first-order chi connectivity index (χ1) is 11.6. The van der Waals surface area contributed by atoms with Crippen molar-refractivity contribution in [2.75, 3.05) is 20.8 Å². The Morgan fingerprint density at radius 3 is 2.44 bits per heavy atom. The van der Waals surface area contributed by atoms with Crippen molar-refractivity contribution >= 4 is 17.9 Å². The van der Waals surface area contributed by atoms with Gasteiger partial charge in [0.15, 0.2) is 18.1 Å². The summed E-state index contributed by atoms with van der Waals surface area (Å²) in [6, 6.07) is 5.28. The summed E-state index contributed by atoms with van der Waals surface area (Å²) in [5.74, 6) is 0.249. The van der Waals surface area contributed by atoms with Gasteiger partial charge in [-0.3, -0.25) is 9.59 Å². The lowest BCUT2D eigenvalue weighted by Gasteiger charge is -2.34. The summed E-state index contributed by atoms with van der Waals surface area (Å²) in [7, 11) is 3.30. The van der Waals surface area contributed by atoms with E-state index in [1.54, 1.807) is 36.2 Å². The Balaban J connectivity index is 2.86. The molecule has 2 N–H and O–H groups in total. The van der Waals surface area contributed by atoms with Crippen molar-refractivity contribution < 1.29 is 19.1 Å². The molecular formula is C19H28N2O4. The normalized spacial score (nSPS) is 12.7. The van der Waals surface area contributed by atoms with Crippen LogP contribution < -0.4 is 15.2 Å². The molecule has 25 heavy (non-hydrogen) atoms. The zero-order valence-corrected chi connectivity index (χ0v) is 15.8. The van der Waals surface area contributed by atoms with Crippen LogP contribution in [0.2, 0.25) is 0 Å². The van der Waals surface area contributed by atoms with E-state index in [0.717, 1.165) is 5.56 Å². The number of carbonyl (C=O) groups is 2. The Bertz CT molecular complexity index is 647. The summed E-state index contributed by atoms with van der Waals surface area (Å²) in [6.45, 7) is 8.10. The quantitative estimate of drug-likeness (QED) is 0.768. The van der Waals surface area contributed by atoms with Gasteiger partial charge in [-0.15, -0.1) is 0 Å². The van der Waals surface area contributed by atoms with E-state index < -0.39 is 5.91 Å². The van der Waals surface area contributed by atoms with Gasteiger partial charge in [0, 0.05) is 19.2 Å². The van der Waals surface area contributed by atoms with E-state index in [9.17, 15) is 9.59 Å². The van der Waals surface area contributed by atoms with E-state index in [2.05, 4.69) is 20.8 Å². The number of carbonyl (C=O) groups excluding carboxylic acids is 2. The zero-order chi connectivity index (χ0) is 19.2. The summed E-state index contributed by atoms with van der Waals surface area (Å²) in [5.41, 5.74) is 5.85. The molecule has 1 aromatic rings. The van der Waals surface area contributed by atoms with E-state index >= 15 is 0 Å². The number of hydrogen-bond acceptors (Lipinski definition) is 4. The number of likely N-dealkylation sites (N-methyl/N-ethyl adjacent to an activating group) is 1. The molecule has 0 spiro atoms. The van der Waals surface area contributed by atoms with Gasteiger partial charge >= 0.3 is 0 Å². The molecule has 6 heteroatoms. The summed E-state index contributed by atoms with van der Waals surface area (Å²) >= 11 is 0. The van der Waals surface area contributed by atoms with Crippen LogP contribution in [0.25, 0.3) is 6.08 Å². The number of amides is 2. The van der Waals surface area contributed by atoms with Gasteiger partial charge < -0.3 is 20.1 Å². The Kier molecular flexibility index (Phi) is 7.03. The van der Waals surface area contributed by atoms with Crippen LogP contribution in [0.15, 0.2) is 24.3 Å². The molecule has 0 aromatic heterocycles. The molecule has 1 rings (SSSR count). The van der Waals surface area contributed by atoms with E-state index in [4.69, 9.17) is 15.2 Å². The number of methoxy groups -OCH3 is 1. The second-order valence-electron chi connectivity index (χ2n) is 6.99. The Morgan fingerprint density at radius 1 is 1.28 bits per heavy atom. The van der Waals surface area contributed by atoms with Crippen LogP contribution >= 0.6 is 0 Å². The smallest absolute Gasteiger partial charge is 0.255 e. The lowest BCUT2D eigenvalue weighted by molar-refractivity contribution is -0.128. The van der Waals surface area contributed by atoms with Crippen LogP contribution in [0.1, 0.15) is 33.3 Å². The summed E-state index contributed by atoms with van der Waals surface area (Å²) in [5, 5.41) is 0. The molecule has 0 heterocycles. The molecule has 0 saturated carbocycles. The first kappa shape index (κ1) is 20.5. The Labute approximate surface area is 149 Å². The fourth-order valence-corrected chi connectivity index (χ4v) is 2.11. The van der Waals surface area contributed by atoms with Crippen molar-refractivity contribution in [3.63, 3.8) is 0 Å². The van der Waals surface area contributed by atoms with Crippen molar-refractivity contribution in [3.8, 4) is 11.5 Å². The highest BCUT2D eigenvalue weighted by Gasteiger charge is 2.25. The van der Waals surface area contributed by atoms with Gasteiger partial charge in [-0.05, 0) is 36.1 Å². The number of primary amides is 1. The van der Waals surface area contributed by atoms with Crippen molar-refractivity contribution in [1.82, 2.24) is 4.90 Å². The van der Waals surface area contributed by atoms with Gasteiger partial charge in [-0.2, -0.15) is 0 Å². The summed E-state index contributed by atoms with van der Waals surface area (Å²) in [4.78, 5) is 24.9. The van der Waals surface area contributed by atoms with Crippen molar-refractivity contribution in [3.05, 3.63) is 29.8 Å². The molecule has 6 nitrogen and oxygen atoms in total. The average Bonchev–Trinajstić information content (AvgIpc) is 2.55. The minimum atomic E-state index is -0.562. The fourth-order valence-electron chi connectivity index (χ4n) is 2.11. The second-order valence-corrected chi connectivity index (χ2v) is 6.99. The highest BCUT2D eigenvalue weighted by Crippen LogP contribution is 2.28. The molecule has 138 valence electrons. The third kappa shape index (κ3) is 6.14. The molecule has 0 aliphatic rings. The van der Waals surface area contributed by atoms with Crippen LogP contribution in [-0.4, -0.2) is 43.5 Å². The van der Waals surface area contributed by atoms with Gasteiger partial charge in [-0.25, -0.2) is 0 Å². The van der Waals surface area contributed by atoms with Crippen molar-refractivity contribution in [1.29, 1.82) is 0 Å².